The van der Waals surface area contributed by atoms with Gasteiger partial charge in [0.05, 0.1) is 18.8 Å². The van der Waals surface area contributed by atoms with Crippen molar-refractivity contribution in [1.82, 2.24) is 9.88 Å². The van der Waals surface area contributed by atoms with E-state index < -0.39 is 6.09 Å². The third kappa shape index (κ3) is 1.87. The molecule has 16 heavy (non-hydrogen) atoms. The van der Waals surface area contributed by atoms with Gasteiger partial charge in [0.15, 0.2) is 0 Å². The first-order chi connectivity index (χ1) is 7.38. The van der Waals surface area contributed by atoms with Gasteiger partial charge in [0.2, 0.25) is 0 Å². The second-order valence-corrected chi connectivity index (χ2v) is 5.19. The van der Waals surface area contributed by atoms with E-state index >= 15 is 0 Å². The fourth-order valence-electron chi connectivity index (χ4n) is 1.81. The SMILES string of the molecule is CC(C)(C)c1ccc2c(n1)CN(C(=O)O)C2. The van der Waals surface area contributed by atoms with Gasteiger partial charge in [-0.2, -0.15) is 0 Å². The van der Waals surface area contributed by atoms with E-state index in [9.17, 15) is 4.79 Å². The van der Waals surface area contributed by atoms with E-state index in [0.29, 0.717) is 13.1 Å². The van der Waals surface area contributed by atoms with Gasteiger partial charge in [-0.3, -0.25) is 9.88 Å². The lowest BCUT2D eigenvalue weighted by molar-refractivity contribution is 0.145. The summed E-state index contributed by atoms with van der Waals surface area (Å²) in [6.07, 6.45) is -0.879. The molecule has 1 N–H and O–H groups in total. The van der Waals surface area contributed by atoms with Crippen LogP contribution in [0, 0.1) is 0 Å². The molecule has 0 radical (unpaired) electrons. The molecule has 2 rings (SSSR count). The van der Waals surface area contributed by atoms with Gasteiger partial charge in [-0.1, -0.05) is 26.8 Å². The molecule has 0 atom stereocenters. The molecule has 1 aliphatic rings. The number of pyridine rings is 1. The maximum absolute atomic E-state index is 10.9. The Morgan fingerprint density at radius 2 is 2.06 bits per heavy atom. The van der Waals surface area contributed by atoms with Crippen molar-refractivity contribution in [3.8, 4) is 0 Å². The highest BCUT2D eigenvalue weighted by Gasteiger charge is 2.25. The van der Waals surface area contributed by atoms with Gasteiger partial charge in [-0.05, 0) is 11.6 Å². The van der Waals surface area contributed by atoms with E-state index in [4.69, 9.17) is 5.11 Å². The van der Waals surface area contributed by atoms with E-state index in [0.717, 1.165) is 17.0 Å². The molecular formula is C12H16N2O2. The summed E-state index contributed by atoms with van der Waals surface area (Å²) in [4.78, 5) is 16.8. The molecule has 4 heteroatoms. The summed E-state index contributed by atoms with van der Waals surface area (Å²) >= 11 is 0. The summed E-state index contributed by atoms with van der Waals surface area (Å²) in [7, 11) is 0. The first-order valence-electron chi connectivity index (χ1n) is 5.35. The largest absolute Gasteiger partial charge is 0.465 e. The zero-order valence-corrected chi connectivity index (χ0v) is 9.82. The van der Waals surface area contributed by atoms with Crippen molar-refractivity contribution in [2.45, 2.75) is 39.3 Å². The Morgan fingerprint density at radius 1 is 1.38 bits per heavy atom. The van der Waals surface area contributed by atoms with Crippen molar-refractivity contribution >= 4 is 6.09 Å². The minimum atomic E-state index is -0.879. The number of fused-ring (bicyclic) bond motifs is 1. The predicted octanol–water partition coefficient (Wildman–Crippen LogP) is 2.37. The van der Waals surface area contributed by atoms with Gasteiger partial charge in [0, 0.05) is 11.1 Å². The van der Waals surface area contributed by atoms with Crippen molar-refractivity contribution < 1.29 is 9.90 Å². The van der Waals surface area contributed by atoms with Crippen LogP contribution in [0.5, 0.6) is 0 Å². The second kappa shape index (κ2) is 3.47. The lowest BCUT2D eigenvalue weighted by Crippen LogP contribution is -2.22. The Bertz CT molecular complexity index is 435. The normalized spacial score (nSPS) is 15.1. The molecule has 0 saturated carbocycles. The van der Waals surface area contributed by atoms with Gasteiger partial charge in [0.1, 0.15) is 0 Å². The average Bonchev–Trinajstić information content (AvgIpc) is 2.58. The van der Waals surface area contributed by atoms with E-state index in [-0.39, 0.29) is 5.41 Å². The molecule has 86 valence electrons. The number of carboxylic acid groups (broad SMARTS) is 1. The Kier molecular flexibility index (Phi) is 2.37. The Labute approximate surface area is 94.9 Å². The standard InChI is InChI=1S/C12H16N2O2/c1-12(2,3)10-5-4-8-6-14(11(15)16)7-9(8)13-10/h4-5H,6-7H2,1-3H3,(H,15,16). The van der Waals surface area contributed by atoms with Crippen LogP contribution in [0.3, 0.4) is 0 Å². The molecule has 0 aromatic carbocycles. The molecule has 0 unspecified atom stereocenters. The predicted molar refractivity (Wildman–Crippen MR) is 60.2 cm³/mol. The maximum atomic E-state index is 10.9. The molecule has 0 bridgehead atoms. The fourth-order valence-corrected chi connectivity index (χ4v) is 1.81. The molecule has 2 heterocycles. The monoisotopic (exact) mass is 220 g/mol. The Morgan fingerprint density at radius 3 is 2.62 bits per heavy atom. The van der Waals surface area contributed by atoms with Crippen LogP contribution in [0.25, 0.3) is 0 Å². The zero-order chi connectivity index (χ0) is 11.9. The summed E-state index contributed by atoms with van der Waals surface area (Å²) in [5.74, 6) is 0. The van der Waals surface area contributed by atoms with Crippen LogP contribution in [0.15, 0.2) is 12.1 Å². The number of hydrogen-bond acceptors (Lipinski definition) is 2. The van der Waals surface area contributed by atoms with Gasteiger partial charge in [-0.25, -0.2) is 4.79 Å². The summed E-state index contributed by atoms with van der Waals surface area (Å²) in [5, 5.41) is 8.91. The van der Waals surface area contributed by atoms with Crippen LogP contribution in [0.2, 0.25) is 0 Å². The van der Waals surface area contributed by atoms with Crippen LogP contribution in [0.1, 0.15) is 37.7 Å². The molecule has 0 spiro atoms. The van der Waals surface area contributed by atoms with E-state index in [1.165, 1.54) is 4.90 Å². The smallest absolute Gasteiger partial charge is 0.407 e. The molecule has 0 fully saturated rings. The van der Waals surface area contributed by atoms with Crippen molar-refractivity contribution in [1.29, 1.82) is 0 Å². The average molecular weight is 220 g/mol. The van der Waals surface area contributed by atoms with Crippen molar-refractivity contribution in [2.75, 3.05) is 0 Å². The van der Waals surface area contributed by atoms with E-state index in [1.807, 2.05) is 12.1 Å². The number of hydrogen-bond donors (Lipinski definition) is 1. The lowest BCUT2D eigenvalue weighted by Gasteiger charge is -2.18. The molecule has 1 aromatic rings. The Hall–Kier alpha value is -1.58. The number of nitrogens with zero attached hydrogens (tertiary/aromatic N) is 2. The quantitative estimate of drug-likeness (QED) is 0.730. The van der Waals surface area contributed by atoms with Gasteiger partial charge in [0.25, 0.3) is 0 Å². The number of amides is 1. The van der Waals surface area contributed by atoms with Crippen LogP contribution in [0.4, 0.5) is 4.79 Å². The number of carbonyl (C=O) groups is 1. The molecule has 4 nitrogen and oxygen atoms in total. The highest BCUT2D eigenvalue weighted by molar-refractivity contribution is 5.66. The zero-order valence-electron chi connectivity index (χ0n) is 9.82. The highest BCUT2D eigenvalue weighted by Crippen LogP contribution is 2.26. The van der Waals surface area contributed by atoms with Crippen LogP contribution in [-0.2, 0) is 18.5 Å². The topological polar surface area (TPSA) is 53.4 Å². The minimum absolute atomic E-state index is 0.00563. The highest BCUT2D eigenvalue weighted by atomic mass is 16.4. The van der Waals surface area contributed by atoms with E-state index in [1.54, 1.807) is 0 Å². The molecule has 0 aliphatic carbocycles. The summed E-state index contributed by atoms with van der Waals surface area (Å²) in [5.41, 5.74) is 2.94. The minimum Gasteiger partial charge on any atom is -0.465 e. The molecule has 1 aliphatic heterocycles. The number of aromatic nitrogens is 1. The summed E-state index contributed by atoms with van der Waals surface area (Å²) in [6.45, 7) is 7.18. The Balaban J connectivity index is 2.31. The van der Waals surface area contributed by atoms with Gasteiger partial charge < -0.3 is 5.11 Å². The third-order valence-electron chi connectivity index (χ3n) is 2.81. The summed E-state index contributed by atoms with van der Waals surface area (Å²) in [6, 6.07) is 3.98. The van der Waals surface area contributed by atoms with E-state index in [2.05, 4.69) is 25.8 Å². The van der Waals surface area contributed by atoms with Gasteiger partial charge >= 0.3 is 6.09 Å². The summed E-state index contributed by atoms with van der Waals surface area (Å²) < 4.78 is 0. The van der Waals surface area contributed by atoms with Crippen molar-refractivity contribution in [2.24, 2.45) is 0 Å². The first-order valence-corrected chi connectivity index (χ1v) is 5.35. The third-order valence-corrected chi connectivity index (χ3v) is 2.81. The lowest BCUT2D eigenvalue weighted by atomic mass is 9.91. The molecule has 1 aromatic heterocycles. The molecular weight excluding hydrogens is 204 g/mol. The molecule has 1 amide bonds. The number of rotatable bonds is 0. The molecule has 0 saturated heterocycles. The first kappa shape index (κ1) is 10.9. The van der Waals surface area contributed by atoms with Crippen LogP contribution < -0.4 is 0 Å². The fraction of sp³-hybridized carbons (Fsp3) is 0.500. The second-order valence-electron chi connectivity index (χ2n) is 5.19. The van der Waals surface area contributed by atoms with Crippen LogP contribution >= 0.6 is 0 Å². The van der Waals surface area contributed by atoms with Crippen molar-refractivity contribution in [3.05, 3.63) is 29.1 Å². The van der Waals surface area contributed by atoms with Gasteiger partial charge in [-0.15, -0.1) is 0 Å². The van der Waals surface area contributed by atoms with Crippen LogP contribution in [-0.4, -0.2) is 21.1 Å². The maximum Gasteiger partial charge on any atom is 0.407 e. The van der Waals surface area contributed by atoms with Crippen molar-refractivity contribution in [3.63, 3.8) is 0 Å².